The van der Waals surface area contributed by atoms with Gasteiger partial charge in [-0.3, -0.25) is 4.79 Å². The van der Waals surface area contributed by atoms with Crippen LogP contribution in [0.2, 0.25) is 0 Å². The summed E-state index contributed by atoms with van der Waals surface area (Å²) in [5, 5.41) is 2.84. The van der Waals surface area contributed by atoms with Gasteiger partial charge in [0.1, 0.15) is 5.60 Å². The molecule has 2 amide bonds. The van der Waals surface area contributed by atoms with Crippen LogP contribution in [0.5, 0.6) is 0 Å². The van der Waals surface area contributed by atoms with Crippen molar-refractivity contribution in [3.63, 3.8) is 0 Å². The summed E-state index contributed by atoms with van der Waals surface area (Å²) in [5.74, 6) is -1.18. The number of carbonyl (C=O) groups is 2. The Balaban J connectivity index is 1.80. The fraction of sp³-hybridized carbons (Fsp3) is 0.875. The Morgan fingerprint density at radius 2 is 1.88 bits per heavy atom. The molecule has 1 N–H and O–H groups in total. The van der Waals surface area contributed by atoms with E-state index in [4.69, 9.17) is 4.74 Å². The largest absolute Gasteiger partial charge is 0.444 e. The number of carbonyl (C=O) groups excluding carboxylic acids is 2. The van der Waals surface area contributed by atoms with E-state index in [2.05, 4.69) is 5.32 Å². The average molecular weight is 378 g/mol. The average Bonchev–Trinajstić information content (AvgIpc) is 2.75. The molecular formula is C16H27FN2O5S. The molecule has 1 unspecified atom stereocenters. The molecule has 1 atom stereocenters. The lowest BCUT2D eigenvalue weighted by Crippen LogP contribution is -2.45. The molecule has 2 rings (SSSR count). The van der Waals surface area contributed by atoms with E-state index >= 15 is 0 Å². The van der Waals surface area contributed by atoms with Gasteiger partial charge in [0.2, 0.25) is 5.91 Å². The number of ether oxygens (including phenoxy) is 1. The summed E-state index contributed by atoms with van der Waals surface area (Å²) < 4.78 is 39.6. The molecule has 0 aromatic rings. The van der Waals surface area contributed by atoms with Crippen molar-refractivity contribution in [3.8, 4) is 0 Å². The van der Waals surface area contributed by atoms with Crippen molar-refractivity contribution in [2.24, 2.45) is 5.92 Å². The number of nitrogens with zero attached hydrogens (tertiary/aromatic N) is 1. The summed E-state index contributed by atoms with van der Waals surface area (Å²) in [4.78, 5) is 25.6. The molecule has 144 valence electrons. The third kappa shape index (κ3) is 6.45. The van der Waals surface area contributed by atoms with Gasteiger partial charge in [-0.05, 0) is 46.5 Å². The van der Waals surface area contributed by atoms with E-state index < -0.39 is 33.6 Å². The van der Waals surface area contributed by atoms with Crippen LogP contribution in [0.25, 0.3) is 0 Å². The first-order valence-corrected chi connectivity index (χ1v) is 10.2. The quantitative estimate of drug-likeness (QED) is 0.755. The first-order chi connectivity index (χ1) is 11.4. The van der Waals surface area contributed by atoms with Gasteiger partial charge in [0.25, 0.3) is 0 Å². The van der Waals surface area contributed by atoms with Crippen LogP contribution in [0.4, 0.5) is 8.68 Å². The second-order valence-electron chi connectivity index (χ2n) is 7.97. The number of halogens is 1. The van der Waals surface area contributed by atoms with Crippen LogP contribution in [-0.4, -0.2) is 55.3 Å². The molecule has 0 radical (unpaired) electrons. The zero-order valence-corrected chi connectivity index (χ0v) is 15.8. The predicted molar refractivity (Wildman–Crippen MR) is 90.1 cm³/mol. The van der Waals surface area contributed by atoms with Crippen molar-refractivity contribution in [2.45, 2.75) is 70.6 Å². The lowest BCUT2D eigenvalue weighted by atomic mass is 9.90. The molecule has 1 saturated heterocycles. The summed E-state index contributed by atoms with van der Waals surface area (Å²) in [5.41, 5.74) is -0.547. The van der Waals surface area contributed by atoms with E-state index in [1.165, 1.54) is 0 Å². The number of amides is 2. The summed E-state index contributed by atoms with van der Waals surface area (Å²) in [6, 6.07) is 0.0299. The predicted octanol–water partition coefficient (Wildman–Crippen LogP) is 1.97. The van der Waals surface area contributed by atoms with Crippen LogP contribution >= 0.6 is 0 Å². The maximum absolute atomic E-state index is 12.8. The highest BCUT2D eigenvalue weighted by Crippen LogP contribution is 2.29. The van der Waals surface area contributed by atoms with E-state index in [0.29, 0.717) is 0 Å². The first kappa shape index (κ1) is 19.9. The molecule has 25 heavy (non-hydrogen) atoms. The van der Waals surface area contributed by atoms with Crippen molar-refractivity contribution in [1.82, 2.24) is 10.2 Å². The Morgan fingerprint density at radius 3 is 2.40 bits per heavy atom. The second-order valence-corrected chi connectivity index (χ2v) is 9.38. The molecule has 0 aromatic heterocycles. The summed E-state index contributed by atoms with van der Waals surface area (Å²) in [6.07, 6.45) is 2.53. The van der Waals surface area contributed by atoms with E-state index in [1.807, 2.05) is 0 Å². The summed E-state index contributed by atoms with van der Waals surface area (Å²) in [7, 11) is -4.56. The topological polar surface area (TPSA) is 92.8 Å². The Morgan fingerprint density at radius 1 is 1.28 bits per heavy atom. The minimum atomic E-state index is -4.56. The van der Waals surface area contributed by atoms with Crippen LogP contribution in [0, 0.1) is 5.92 Å². The van der Waals surface area contributed by atoms with Crippen molar-refractivity contribution in [2.75, 3.05) is 12.3 Å². The van der Waals surface area contributed by atoms with Crippen LogP contribution in [0.3, 0.4) is 0 Å². The van der Waals surface area contributed by atoms with Crippen molar-refractivity contribution < 1.29 is 26.6 Å². The number of nitrogens with one attached hydrogen (secondary N) is 1. The molecule has 1 saturated carbocycles. The minimum absolute atomic E-state index is 0.00539. The van der Waals surface area contributed by atoms with E-state index in [-0.39, 0.29) is 31.0 Å². The first-order valence-electron chi connectivity index (χ1n) is 8.64. The Bertz CT molecular complexity index is 609. The van der Waals surface area contributed by atoms with Gasteiger partial charge in [0.15, 0.2) is 0 Å². The third-order valence-corrected chi connectivity index (χ3v) is 5.40. The molecule has 0 bridgehead atoms. The Kier molecular flexibility index (Phi) is 5.96. The molecule has 0 aromatic carbocycles. The molecule has 1 aliphatic heterocycles. The van der Waals surface area contributed by atoms with Crippen LogP contribution < -0.4 is 5.32 Å². The van der Waals surface area contributed by atoms with Crippen LogP contribution in [0.1, 0.15) is 52.9 Å². The lowest BCUT2D eigenvalue weighted by molar-refractivity contribution is -0.130. The molecule has 9 heteroatoms. The molecule has 7 nitrogen and oxygen atoms in total. The molecule has 2 fully saturated rings. The molecule has 0 spiro atoms. The standard InChI is InChI=1S/C16H27FN2O5S/c1-16(2,3)24-15(21)18-12-4-6-13(7-5-12)19-9-11(8-14(19)20)10-25(17,22)23/h11-13H,4-10H2,1-3H3,(H,18,21). The Hall–Kier alpha value is -1.38. The SMILES string of the molecule is CC(C)(C)OC(=O)NC1CCC(N2CC(CS(=O)(=O)F)CC2=O)CC1. The molecule has 2 aliphatic rings. The second kappa shape index (κ2) is 7.47. The number of hydrogen-bond donors (Lipinski definition) is 1. The van der Waals surface area contributed by atoms with Gasteiger partial charge in [0, 0.05) is 31.0 Å². The smallest absolute Gasteiger partial charge is 0.407 e. The highest BCUT2D eigenvalue weighted by molar-refractivity contribution is 7.86. The maximum Gasteiger partial charge on any atom is 0.407 e. The van der Waals surface area contributed by atoms with Gasteiger partial charge >= 0.3 is 16.3 Å². The van der Waals surface area contributed by atoms with Crippen molar-refractivity contribution >= 4 is 22.2 Å². The van der Waals surface area contributed by atoms with E-state index in [9.17, 15) is 21.9 Å². The maximum atomic E-state index is 12.8. The fourth-order valence-electron chi connectivity index (χ4n) is 3.56. The number of likely N-dealkylation sites (tertiary alicyclic amines) is 1. The van der Waals surface area contributed by atoms with E-state index in [0.717, 1.165) is 25.7 Å². The molecule has 1 aliphatic carbocycles. The zero-order valence-electron chi connectivity index (χ0n) is 15.0. The normalized spacial score (nSPS) is 28.1. The Labute approximate surface area is 148 Å². The van der Waals surface area contributed by atoms with Gasteiger partial charge in [-0.25, -0.2) is 4.79 Å². The van der Waals surface area contributed by atoms with Gasteiger partial charge in [-0.2, -0.15) is 8.42 Å². The number of rotatable bonds is 4. The van der Waals surface area contributed by atoms with Gasteiger partial charge in [-0.1, -0.05) is 0 Å². The zero-order chi connectivity index (χ0) is 18.8. The minimum Gasteiger partial charge on any atom is -0.444 e. The lowest BCUT2D eigenvalue weighted by Gasteiger charge is -2.35. The van der Waals surface area contributed by atoms with E-state index in [1.54, 1.807) is 25.7 Å². The van der Waals surface area contributed by atoms with Crippen molar-refractivity contribution in [1.29, 1.82) is 0 Å². The van der Waals surface area contributed by atoms with Crippen LogP contribution in [-0.2, 0) is 19.8 Å². The highest BCUT2D eigenvalue weighted by Gasteiger charge is 2.38. The van der Waals surface area contributed by atoms with Gasteiger partial charge in [-0.15, -0.1) is 3.89 Å². The third-order valence-electron chi connectivity index (χ3n) is 4.53. The fourth-order valence-corrected chi connectivity index (χ4v) is 4.35. The van der Waals surface area contributed by atoms with Crippen molar-refractivity contribution in [3.05, 3.63) is 0 Å². The van der Waals surface area contributed by atoms with Gasteiger partial charge < -0.3 is 15.0 Å². The van der Waals surface area contributed by atoms with Gasteiger partial charge in [0.05, 0.1) is 5.75 Å². The molecular weight excluding hydrogens is 351 g/mol. The number of hydrogen-bond acceptors (Lipinski definition) is 5. The number of alkyl carbamates (subject to hydrolysis) is 1. The summed E-state index contributed by atoms with van der Waals surface area (Å²) >= 11 is 0. The molecule has 1 heterocycles. The highest BCUT2D eigenvalue weighted by atomic mass is 32.3. The summed E-state index contributed by atoms with van der Waals surface area (Å²) in [6.45, 7) is 5.69. The monoisotopic (exact) mass is 378 g/mol. The van der Waals surface area contributed by atoms with Crippen LogP contribution in [0.15, 0.2) is 0 Å².